The first-order valence-corrected chi connectivity index (χ1v) is 6.56. The van der Waals surface area contributed by atoms with Gasteiger partial charge in [-0.25, -0.2) is 0 Å². The Morgan fingerprint density at radius 1 is 1.15 bits per heavy atom. The van der Waals surface area contributed by atoms with Gasteiger partial charge in [0.2, 0.25) is 0 Å². The van der Waals surface area contributed by atoms with E-state index in [9.17, 15) is 13.2 Å². The van der Waals surface area contributed by atoms with Crippen LogP contribution in [0.3, 0.4) is 0 Å². The Hall–Kier alpha value is -1.27. The van der Waals surface area contributed by atoms with Crippen LogP contribution in [0.5, 0.6) is 5.75 Å². The van der Waals surface area contributed by atoms with Crippen LogP contribution in [0, 0.1) is 0 Å². The van der Waals surface area contributed by atoms with Crippen molar-refractivity contribution in [1.82, 2.24) is 5.32 Å². The van der Waals surface area contributed by atoms with E-state index in [0.717, 1.165) is 31.5 Å². The van der Waals surface area contributed by atoms with Crippen molar-refractivity contribution in [1.29, 1.82) is 0 Å². The Bertz CT molecular complexity index is 425. The van der Waals surface area contributed by atoms with E-state index < -0.39 is 6.36 Å². The molecule has 0 atom stereocenters. The van der Waals surface area contributed by atoms with Gasteiger partial charge in [0.25, 0.3) is 0 Å². The average Bonchev–Trinajstić information content (AvgIpc) is 2.37. The van der Waals surface area contributed by atoms with E-state index >= 15 is 0 Å². The van der Waals surface area contributed by atoms with Gasteiger partial charge in [0.05, 0.1) is 12.2 Å². The lowest BCUT2D eigenvalue weighted by Gasteiger charge is -2.34. The first-order chi connectivity index (χ1) is 9.36. The molecule has 20 heavy (non-hydrogen) atoms. The number of rotatable bonds is 4. The molecule has 1 saturated heterocycles. The molecule has 1 aliphatic heterocycles. The molecule has 1 fully saturated rings. The monoisotopic (exact) mass is 289 g/mol. The summed E-state index contributed by atoms with van der Waals surface area (Å²) >= 11 is 0. The lowest BCUT2D eigenvalue weighted by Crippen LogP contribution is -2.41. The summed E-state index contributed by atoms with van der Waals surface area (Å²) in [6.45, 7) is 4.31. The predicted octanol–water partition coefficient (Wildman–Crippen LogP) is 3.24. The summed E-state index contributed by atoms with van der Waals surface area (Å²) in [5, 5.41) is 3.26. The van der Waals surface area contributed by atoms with Crippen molar-refractivity contribution in [3.63, 3.8) is 0 Å². The number of nitrogens with one attached hydrogen (secondary N) is 1. The molecular weight excluding hydrogens is 271 g/mol. The largest absolute Gasteiger partial charge is 0.573 e. The van der Waals surface area contributed by atoms with E-state index in [0.29, 0.717) is 6.61 Å². The van der Waals surface area contributed by atoms with Crippen LogP contribution in [0.15, 0.2) is 24.3 Å². The van der Waals surface area contributed by atoms with Crippen LogP contribution in [-0.2, 0) is 11.3 Å². The lowest BCUT2D eigenvalue weighted by atomic mass is 9.94. The highest BCUT2D eigenvalue weighted by Gasteiger charge is 2.31. The van der Waals surface area contributed by atoms with Gasteiger partial charge in [-0.15, -0.1) is 13.2 Å². The fourth-order valence-corrected chi connectivity index (χ4v) is 2.14. The fraction of sp³-hybridized carbons (Fsp3) is 0.571. The maximum atomic E-state index is 12.0. The number of ether oxygens (including phenoxy) is 2. The molecule has 1 aromatic rings. The van der Waals surface area contributed by atoms with Gasteiger partial charge in [-0.1, -0.05) is 12.1 Å². The molecule has 0 aromatic heterocycles. The summed E-state index contributed by atoms with van der Waals surface area (Å²) < 4.78 is 45.8. The molecule has 0 saturated carbocycles. The molecule has 112 valence electrons. The summed E-state index contributed by atoms with van der Waals surface area (Å²) in [5.41, 5.74) is 0.672. The third kappa shape index (κ3) is 4.68. The third-order valence-corrected chi connectivity index (χ3v) is 3.41. The van der Waals surface area contributed by atoms with Gasteiger partial charge in [0, 0.05) is 0 Å². The van der Waals surface area contributed by atoms with Crippen LogP contribution in [0.25, 0.3) is 0 Å². The topological polar surface area (TPSA) is 30.5 Å². The number of halogens is 3. The Balaban J connectivity index is 1.87. The Morgan fingerprint density at radius 3 is 2.30 bits per heavy atom. The molecule has 1 aromatic carbocycles. The molecule has 1 N–H and O–H groups in total. The molecule has 0 aliphatic carbocycles. The van der Waals surface area contributed by atoms with Crippen molar-refractivity contribution in [3.8, 4) is 5.75 Å². The molecule has 6 heteroatoms. The maximum Gasteiger partial charge on any atom is 0.573 e. The van der Waals surface area contributed by atoms with Gasteiger partial charge >= 0.3 is 6.36 Å². The second kappa shape index (κ2) is 6.01. The second-order valence-corrected chi connectivity index (χ2v) is 5.18. The number of hydrogen-bond donors (Lipinski definition) is 1. The van der Waals surface area contributed by atoms with Crippen molar-refractivity contribution in [2.75, 3.05) is 13.1 Å². The zero-order chi connectivity index (χ0) is 14.6. The minimum absolute atomic E-state index is 0.160. The Labute approximate surface area is 116 Å². The highest BCUT2D eigenvalue weighted by Crippen LogP contribution is 2.26. The molecule has 0 bridgehead atoms. The third-order valence-electron chi connectivity index (χ3n) is 3.41. The van der Waals surface area contributed by atoms with Gasteiger partial charge < -0.3 is 14.8 Å². The maximum absolute atomic E-state index is 12.0. The highest BCUT2D eigenvalue weighted by molar-refractivity contribution is 5.27. The van der Waals surface area contributed by atoms with Gasteiger partial charge in [0.15, 0.2) is 0 Å². The first kappa shape index (κ1) is 15.1. The molecule has 0 spiro atoms. The standard InChI is InChI=1S/C14H18F3NO2/c1-13(6-8-18-9-7-13)19-10-11-2-4-12(5-3-11)20-14(15,16)17/h2-5,18H,6-10H2,1H3. The van der Waals surface area contributed by atoms with Crippen molar-refractivity contribution >= 4 is 0 Å². The van der Waals surface area contributed by atoms with Crippen LogP contribution >= 0.6 is 0 Å². The summed E-state index contributed by atoms with van der Waals surface area (Å²) in [5.74, 6) is -0.214. The Kier molecular flexibility index (Phi) is 4.55. The van der Waals surface area contributed by atoms with Crippen molar-refractivity contribution in [2.24, 2.45) is 0 Å². The molecule has 0 unspecified atom stereocenters. The molecule has 0 radical (unpaired) electrons. The molecular formula is C14H18F3NO2. The van der Waals surface area contributed by atoms with Crippen LogP contribution in [0.1, 0.15) is 25.3 Å². The van der Waals surface area contributed by atoms with E-state index in [1.165, 1.54) is 12.1 Å². The van der Waals surface area contributed by atoms with Gasteiger partial charge in [-0.3, -0.25) is 0 Å². The van der Waals surface area contributed by atoms with E-state index in [1.807, 2.05) is 0 Å². The lowest BCUT2D eigenvalue weighted by molar-refractivity contribution is -0.274. The SMILES string of the molecule is CC1(OCc2ccc(OC(F)(F)F)cc2)CCNCC1. The van der Waals surface area contributed by atoms with E-state index in [2.05, 4.69) is 17.0 Å². The van der Waals surface area contributed by atoms with Crippen molar-refractivity contribution in [3.05, 3.63) is 29.8 Å². The molecule has 1 aliphatic rings. The zero-order valence-electron chi connectivity index (χ0n) is 11.3. The smallest absolute Gasteiger partial charge is 0.406 e. The summed E-state index contributed by atoms with van der Waals surface area (Å²) in [7, 11) is 0. The summed E-state index contributed by atoms with van der Waals surface area (Å²) in [6.07, 6.45) is -2.79. The molecule has 3 nitrogen and oxygen atoms in total. The van der Waals surface area contributed by atoms with Crippen LogP contribution in [-0.4, -0.2) is 25.1 Å². The minimum atomic E-state index is -4.65. The number of hydrogen-bond acceptors (Lipinski definition) is 3. The molecule has 0 amide bonds. The van der Waals surface area contributed by atoms with Crippen LogP contribution < -0.4 is 10.1 Å². The quantitative estimate of drug-likeness (QED) is 0.923. The van der Waals surface area contributed by atoms with E-state index in [-0.39, 0.29) is 11.4 Å². The second-order valence-electron chi connectivity index (χ2n) is 5.18. The van der Waals surface area contributed by atoms with Gasteiger partial charge in [-0.2, -0.15) is 0 Å². The number of alkyl halides is 3. The summed E-state index contributed by atoms with van der Waals surface area (Å²) in [6, 6.07) is 5.78. The van der Waals surface area contributed by atoms with Gasteiger partial charge in [-0.05, 0) is 50.6 Å². The van der Waals surface area contributed by atoms with Crippen LogP contribution in [0.2, 0.25) is 0 Å². The molecule has 1 heterocycles. The minimum Gasteiger partial charge on any atom is -0.406 e. The normalized spacial score (nSPS) is 18.8. The number of piperidine rings is 1. The van der Waals surface area contributed by atoms with Crippen molar-refractivity contribution < 1.29 is 22.6 Å². The van der Waals surface area contributed by atoms with Crippen molar-refractivity contribution in [2.45, 2.75) is 38.3 Å². The van der Waals surface area contributed by atoms with E-state index in [4.69, 9.17) is 4.74 Å². The highest BCUT2D eigenvalue weighted by atomic mass is 19.4. The molecule has 2 rings (SSSR count). The first-order valence-electron chi connectivity index (χ1n) is 6.56. The predicted molar refractivity (Wildman–Crippen MR) is 68.4 cm³/mol. The van der Waals surface area contributed by atoms with Crippen LogP contribution in [0.4, 0.5) is 13.2 Å². The fourth-order valence-electron chi connectivity index (χ4n) is 2.14. The van der Waals surface area contributed by atoms with Gasteiger partial charge in [0.1, 0.15) is 5.75 Å². The number of benzene rings is 1. The zero-order valence-corrected chi connectivity index (χ0v) is 11.3. The Morgan fingerprint density at radius 2 is 1.75 bits per heavy atom. The summed E-state index contributed by atoms with van der Waals surface area (Å²) in [4.78, 5) is 0. The van der Waals surface area contributed by atoms with E-state index in [1.54, 1.807) is 12.1 Å². The average molecular weight is 289 g/mol.